The number of imidazole rings is 1. The lowest BCUT2D eigenvalue weighted by Crippen LogP contribution is -2.29. The van der Waals surface area contributed by atoms with Gasteiger partial charge in [0.2, 0.25) is 0 Å². The van der Waals surface area contributed by atoms with E-state index >= 15 is 0 Å². The van der Waals surface area contributed by atoms with Crippen molar-refractivity contribution in [1.29, 1.82) is 0 Å². The molecule has 0 spiro atoms. The predicted octanol–water partition coefficient (Wildman–Crippen LogP) is 4.71. The van der Waals surface area contributed by atoms with Crippen LogP contribution in [0.3, 0.4) is 0 Å². The lowest BCUT2D eigenvalue weighted by atomic mass is 10.0. The number of thioether (sulfide) groups is 1. The fourth-order valence-corrected chi connectivity index (χ4v) is 3.72. The van der Waals surface area contributed by atoms with E-state index in [-0.39, 0.29) is 4.75 Å². The Bertz CT molecular complexity index is 599. The molecular formula is C16H23ClN2OS. The minimum Gasteiger partial charge on any atom is -0.497 e. The standard InChI is InChI=1S/C16H23ClN2OS/c1-5-16(6-2,21-4)11-19-14-8-7-12(20-3)9-13(14)18-15(19)10-17/h7-9H,5-6,10-11H2,1-4H3. The van der Waals surface area contributed by atoms with E-state index in [9.17, 15) is 0 Å². The summed E-state index contributed by atoms with van der Waals surface area (Å²) in [5.74, 6) is 2.19. The molecule has 0 atom stereocenters. The van der Waals surface area contributed by atoms with Gasteiger partial charge in [0.05, 0.1) is 24.0 Å². The zero-order valence-electron chi connectivity index (χ0n) is 13.1. The van der Waals surface area contributed by atoms with Crippen LogP contribution in [0.4, 0.5) is 0 Å². The fraction of sp³-hybridized carbons (Fsp3) is 0.562. The zero-order valence-corrected chi connectivity index (χ0v) is 14.7. The van der Waals surface area contributed by atoms with Crippen molar-refractivity contribution in [3.05, 3.63) is 24.0 Å². The summed E-state index contributed by atoms with van der Waals surface area (Å²) in [5, 5.41) is 0. The molecule has 1 aromatic carbocycles. The summed E-state index contributed by atoms with van der Waals surface area (Å²) >= 11 is 8.05. The number of nitrogens with zero attached hydrogens (tertiary/aromatic N) is 2. The smallest absolute Gasteiger partial charge is 0.124 e. The second-order valence-corrected chi connectivity index (χ2v) is 6.74. The first-order valence-corrected chi connectivity index (χ1v) is 9.03. The monoisotopic (exact) mass is 326 g/mol. The van der Waals surface area contributed by atoms with E-state index in [0.717, 1.165) is 42.0 Å². The van der Waals surface area contributed by atoms with E-state index in [2.05, 4.69) is 35.7 Å². The highest BCUT2D eigenvalue weighted by molar-refractivity contribution is 8.00. The predicted molar refractivity (Wildman–Crippen MR) is 92.7 cm³/mol. The van der Waals surface area contributed by atoms with Crippen molar-refractivity contribution < 1.29 is 4.74 Å². The van der Waals surface area contributed by atoms with E-state index in [4.69, 9.17) is 16.3 Å². The summed E-state index contributed by atoms with van der Waals surface area (Å²) in [6.07, 6.45) is 4.44. The van der Waals surface area contributed by atoms with Crippen molar-refractivity contribution in [2.45, 2.75) is 43.9 Å². The van der Waals surface area contributed by atoms with E-state index < -0.39 is 0 Å². The highest BCUT2D eigenvalue weighted by Crippen LogP contribution is 2.34. The van der Waals surface area contributed by atoms with Gasteiger partial charge in [0.15, 0.2) is 0 Å². The number of rotatable bonds is 7. The molecule has 2 rings (SSSR count). The molecule has 2 aromatic rings. The Labute approximate surface area is 136 Å². The van der Waals surface area contributed by atoms with Crippen molar-refractivity contribution >= 4 is 34.4 Å². The van der Waals surface area contributed by atoms with Crippen molar-refractivity contribution in [2.24, 2.45) is 0 Å². The Balaban J connectivity index is 2.51. The summed E-state index contributed by atoms with van der Waals surface area (Å²) in [7, 11) is 1.67. The van der Waals surface area contributed by atoms with Gasteiger partial charge in [0.1, 0.15) is 11.6 Å². The highest BCUT2D eigenvalue weighted by atomic mass is 35.5. The minimum atomic E-state index is 0.231. The molecular weight excluding hydrogens is 304 g/mol. The molecule has 0 bridgehead atoms. The molecule has 0 aliphatic carbocycles. The van der Waals surface area contributed by atoms with E-state index in [0.29, 0.717) is 5.88 Å². The van der Waals surface area contributed by atoms with Gasteiger partial charge in [0.25, 0.3) is 0 Å². The van der Waals surface area contributed by atoms with Gasteiger partial charge in [-0.1, -0.05) is 13.8 Å². The van der Waals surface area contributed by atoms with Crippen LogP contribution < -0.4 is 4.74 Å². The van der Waals surface area contributed by atoms with Crippen LogP contribution >= 0.6 is 23.4 Å². The first-order valence-electron chi connectivity index (χ1n) is 7.27. The van der Waals surface area contributed by atoms with Gasteiger partial charge in [-0.3, -0.25) is 0 Å². The summed E-state index contributed by atoms with van der Waals surface area (Å²) in [5.41, 5.74) is 2.08. The molecule has 0 radical (unpaired) electrons. The molecule has 1 heterocycles. The van der Waals surface area contributed by atoms with Crippen LogP contribution in [-0.2, 0) is 12.4 Å². The van der Waals surface area contributed by atoms with Gasteiger partial charge in [0, 0.05) is 17.4 Å². The number of aromatic nitrogens is 2. The van der Waals surface area contributed by atoms with E-state index in [1.807, 2.05) is 23.9 Å². The Morgan fingerprint density at radius 3 is 2.57 bits per heavy atom. The molecule has 3 nitrogen and oxygen atoms in total. The molecule has 1 aromatic heterocycles. The third kappa shape index (κ3) is 3.16. The Hall–Kier alpha value is -0.870. The number of fused-ring (bicyclic) bond motifs is 1. The van der Waals surface area contributed by atoms with Crippen molar-refractivity contribution in [2.75, 3.05) is 13.4 Å². The van der Waals surface area contributed by atoms with E-state index in [1.54, 1.807) is 7.11 Å². The fourth-order valence-electron chi connectivity index (χ4n) is 2.68. The first kappa shape index (κ1) is 16.5. The van der Waals surface area contributed by atoms with Crippen LogP contribution in [0.5, 0.6) is 5.75 Å². The van der Waals surface area contributed by atoms with Crippen LogP contribution in [0, 0.1) is 0 Å². The molecule has 0 saturated heterocycles. The van der Waals surface area contributed by atoms with Gasteiger partial charge in [-0.05, 0) is 31.2 Å². The average Bonchev–Trinajstić information content (AvgIpc) is 2.89. The van der Waals surface area contributed by atoms with Crippen LogP contribution in [0.15, 0.2) is 18.2 Å². The summed E-state index contributed by atoms with van der Waals surface area (Å²) in [6.45, 7) is 5.44. The molecule has 5 heteroatoms. The van der Waals surface area contributed by atoms with Crippen LogP contribution in [0.25, 0.3) is 11.0 Å². The molecule has 0 unspecified atom stereocenters. The average molecular weight is 327 g/mol. The number of alkyl halides is 1. The molecule has 0 aliphatic heterocycles. The number of ether oxygens (including phenoxy) is 1. The molecule has 0 aliphatic rings. The third-order valence-corrected chi connectivity index (χ3v) is 6.13. The Morgan fingerprint density at radius 1 is 1.33 bits per heavy atom. The van der Waals surface area contributed by atoms with E-state index in [1.165, 1.54) is 0 Å². The molecule has 0 saturated carbocycles. The summed E-state index contributed by atoms with van der Waals surface area (Å²) < 4.78 is 7.78. The van der Waals surface area contributed by atoms with Gasteiger partial charge in [-0.25, -0.2) is 4.98 Å². The summed E-state index contributed by atoms with van der Waals surface area (Å²) in [4.78, 5) is 4.67. The van der Waals surface area contributed by atoms with Crippen LogP contribution in [0.2, 0.25) is 0 Å². The number of hydrogen-bond acceptors (Lipinski definition) is 3. The van der Waals surface area contributed by atoms with Crippen LogP contribution in [0.1, 0.15) is 32.5 Å². The zero-order chi connectivity index (χ0) is 15.5. The highest BCUT2D eigenvalue weighted by Gasteiger charge is 2.27. The normalized spacial score (nSPS) is 12.0. The molecule has 0 N–H and O–H groups in total. The maximum Gasteiger partial charge on any atom is 0.124 e. The largest absolute Gasteiger partial charge is 0.497 e. The molecule has 0 fully saturated rings. The van der Waals surface area contributed by atoms with Crippen molar-refractivity contribution in [3.8, 4) is 5.75 Å². The summed E-state index contributed by atoms with van der Waals surface area (Å²) in [6, 6.07) is 6.03. The molecule has 0 amide bonds. The third-order valence-electron chi connectivity index (χ3n) is 4.32. The maximum atomic E-state index is 6.11. The minimum absolute atomic E-state index is 0.231. The number of hydrogen-bond donors (Lipinski definition) is 0. The van der Waals surface area contributed by atoms with Gasteiger partial charge in [-0.2, -0.15) is 11.8 Å². The second kappa shape index (κ2) is 6.93. The van der Waals surface area contributed by atoms with Crippen molar-refractivity contribution in [1.82, 2.24) is 9.55 Å². The quantitative estimate of drug-likeness (QED) is 0.690. The number of methoxy groups -OCH3 is 1. The number of benzene rings is 1. The lowest BCUT2D eigenvalue weighted by molar-refractivity contribution is 0.415. The topological polar surface area (TPSA) is 27.1 Å². The maximum absolute atomic E-state index is 6.11. The Kier molecular flexibility index (Phi) is 5.44. The Morgan fingerprint density at radius 2 is 2.05 bits per heavy atom. The van der Waals surface area contributed by atoms with Gasteiger partial charge >= 0.3 is 0 Å². The van der Waals surface area contributed by atoms with Crippen LogP contribution in [-0.4, -0.2) is 27.7 Å². The molecule has 21 heavy (non-hydrogen) atoms. The number of halogens is 1. The van der Waals surface area contributed by atoms with Crippen molar-refractivity contribution in [3.63, 3.8) is 0 Å². The lowest BCUT2D eigenvalue weighted by Gasteiger charge is -2.31. The second-order valence-electron chi connectivity index (χ2n) is 5.20. The molecule has 116 valence electrons. The first-order chi connectivity index (χ1) is 10.1. The SMILES string of the molecule is CCC(CC)(Cn1c(CCl)nc2cc(OC)ccc21)SC. The van der Waals surface area contributed by atoms with Gasteiger partial charge < -0.3 is 9.30 Å². The van der Waals surface area contributed by atoms with Gasteiger partial charge in [-0.15, -0.1) is 11.6 Å².